The van der Waals surface area contributed by atoms with Crippen molar-refractivity contribution in [3.63, 3.8) is 0 Å². The van der Waals surface area contributed by atoms with Crippen molar-refractivity contribution >= 4 is 56.2 Å². The number of nitrogens with zero attached hydrogens (tertiary/aromatic N) is 5. The lowest BCUT2D eigenvalue weighted by Gasteiger charge is -2.50. The number of ether oxygens (including phenoxy) is 1. The second kappa shape index (κ2) is 14.6. The zero-order valence-electron chi connectivity index (χ0n) is 25.6. The first-order valence-corrected chi connectivity index (χ1v) is 16.6. The number of nitrogens with two attached hydrogens (primary N) is 3. The van der Waals surface area contributed by atoms with Gasteiger partial charge >= 0.3 is 16.4 Å². The summed E-state index contributed by atoms with van der Waals surface area (Å²) >= 11 is 0.987. The van der Waals surface area contributed by atoms with Gasteiger partial charge in [0.05, 0.1) is 11.5 Å². The molecule has 8 N–H and O–H groups in total. The fraction of sp³-hybridized carbons (Fsp3) is 0.481. The van der Waals surface area contributed by atoms with E-state index < -0.39 is 64.4 Å². The van der Waals surface area contributed by atoms with Crippen LogP contribution in [-0.4, -0.2) is 100 Å². The van der Waals surface area contributed by atoms with E-state index in [0.29, 0.717) is 49.4 Å². The lowest BCUT2D eigenvalue weighted by molar-refractivity contribution is -0.228. The van der Waals surface area contributed by atoms with Gasteiger partial charge in [0, 0.05) is 31.4 Å². The van der Waals surface area contributed by atoms with Crippen LogP contribution in [0, 0.1) is 5.92 Å². The normalized spacial score (nSPS) is 18.7. The zero-order chi connectivity index (χ0) is 34.5. The Hall–Kier alpha value is -4.37. The number of aliphatic imine (C=N–C) groups is 1. The quantitative estimate of drug-likeness (QED) is 0.0407. The molecule has 47 heavy (non-hydrogen) atoms. The summed E-state index contributed by atoms with van der Waals surface area (Å²) in [7, 11) is -4.99. The van der Waals surface area contributed by atoms with Gasteiger partial charge in [0.1, 0.15) is 18.1 Å². The molecule has 1 amide bonds. The van der Waals surface area contributed by atoms with Gasteiger partial charge in [-0.25, -0.2) is 9.78 Å². The summed E-state index contributed by atoms with van der Waals surface area (Å²) in [6.07, 6.45) is -0.745. The average molecular weight is 697 g/mol. The van der Waals surface area contributed by atoms with Crippen LogP contribution in [0.1, 0.15) is 43.5 Å². The largest absolute Gasteiger partial charge is 0.489 e. The molecule has 4 rings (SSSR count). The number of rotatable bonds is 15. The Morgan fingerprint density at radius 1 is 1.28 bits per heavy atom. The lowest BCUT2D eigenvalue weighted by Crippen LogP contribution is -2.68. The molecule has 1 fully saturated rings. The van der Waals surface area contributed by atoms with E-state index in [1.807, 2.05) is 11.0 Å². The van der Waals surface area contributed by atoms with E-state index in [1.165, 1.54) is 19.2 Å². The van der Waals surface area contributed by atoms with Gasteiger partial charge in [0.15, 0.2) is 22.6 Å². The number of carboxylic acid groups (broad SMARTS) is 1. The number of β-lactam (4-membered cyclic amide) rings is 1. The minimum absolute atomic E-state index is 0.0213. The monoisotopic (exact) mass is 696 g/mol. The van der Waals surface area contributed by atoms with Gasteiger partial charge < -0.3 is 36.8 Å². The Balaban J connectivity index is 1.43. The summed E-state index contributed by atoms with van der Waals surface area (Å²) in [5, 5.41) is 15.5. The second-order valence-electron chi connectivity index (χ2n) is 11.2. The smallest absolute Gasteiger partial charge is 0.418 e. The molecule has 2 aliphatic heterocycles. The molecule has 0 saturated carbocycles. The molecule has 0 spiro atoms. The van der Waals surface area contributed by atoms with Crippen LogP contribution in [0.15, 0.2) is 33.7 Å². The fourth-order valence-electron chi connectivity index (χ4n) is 4.92. The molecule has 2 unspecified atom stereocenters. The number of carbonyl (C=O) groups excluding carboxylic acids is 2. The van der Waals surface area contributed by atoms with E-state index in [4.69, 9.17) is 31.3 Å². The molecule has 18 nitrogen and oxygen atoms in total. The number of carbonyl (C=O) groups is 3. The Labute approximate surface area is 274 Å². The van der Waals surface area contributed by atoms with Crippen LogP contribution in [0.25, 0.3) is 0 Å². The highest BCUT2D eigenvalue weighted by Gasteiger charge is 2.57. The number of oxime groups is 1. The van der Waals surface area contributed by atoms with Crippen molar-refractivity contribution in [2.45, 2.75) is 51.3 Å². The maximum Gasteiger partial charge on any atom is 0.418 e. The maximum atomic E-state index is 13.3. The number of hydrogen-bond donors (Lipinski definition) is 5. The second-order valence-corrected chi connectivity index (χ2v) is 13.1. The van der Waals surface area contributed by atoms with E-state index >= 15 is 0 Å². The third-order valence-corrected chi connectivity index (χ3v) is 8.57. The summed E-state index contributed by atoms with van der Waals surface area (Å²) in [5.41, 5.74) is 17.6. The number of anilines is 1. The Kier molecular flexibility index (Phi) is 11.0. The fourth-order valence-corrected chi connectivity index (χ4v) is 5.92. The lowest BCUT2D eigenvalue weighted by atomic mass is 9.74. The first-order valence-electron chi connectivity index (χ1n) is 14.3. The third-order valence-electron chi connectivity index (χ3n) is 7.56. The molecular formula is C27H36N8O10S2. The predicted molar refractivity (Wildman–Crippen MR) is 168 cm³/mol. The van der Waals surface area contributed by atoms with Crippen LogP contribution in [-0.2, 0) is 46.9 Å². The first kappa shape index (κ1) is 35.5. The number of aliphatic carboxylic acids is 1. The average Bonchev–Trinajstić information content (AvgIpc) is 3.44. The topological polar surface area (TPSA) is 276 Å². The Morgan fingerprint density at radius 3 is 2.64 bits per heavy atom. The number of hydroxylamine groups is 2. The number of aromatic nitrogens is 1. The molecule has 0 bridgehead atoms. The third kappa shape index (κ3) is 8.71. The highest BCUT2D eigenvalue weighted by molar-refractivity contribution is 7.80. The predicted octanol–water partition coefficient (Wildman–Crippen LogP) is -0.0696. The van der Waals surface area contributed by atoms with Crippen LogP contribution < -0.4 is 21.9 Å². The van der Waals surface area contributed by atoms with Crippen LogP contribution in [0.5, 0.6) is 5.75 Å². The number of fused-ring (bicyclic) bond motifs is 1. The summed E-state index contributed by atoms with van der Waals surface area (Å²) < 4.78 is 41.2. The van der Waals surface area contributed by atoms with Gasteiger partial charge in [0.25, 0.3) is 12.0 Å². The molecule has 1 aromatic carbocycles. The Bertz CT molecular complexity index is 1680. The molecule has 256 valence electrons. The minimum Gasteiger partial charge on any atom is -0.489 e. The highest BCUT2D eigenvalue weighted by Crippen LogP contribution is 2.40. The summed E-state index contributed by atoms with van der Waals surface area (Å²) in [6.45, 7) is 4.65. The van der Waals surface area contributed by atoms with Gasteiger partial charge in [-0.2, -0.15) is 13.5 Å². The van der Waals surface area contributed by atoms with Crippen molar-refractivity contribution in [1.82, 2.24) is 14.9 Å². The van der Waals surface area contributed by atoms with Crippen LogP contribution in [0.3, 0.4) is 0 Å². The molecular weight excluding hydrogens is 660 g/mol. The number of ketones is 1. The molecule has 1 saturated heterocycles. The van der Waals surface area contributed by atoms with Crippen molar-refractivity contribution in [2.75, 3.05) is 32.0 Å². The summed E-state index contributed by atoms with van der Waals surface area (Å²) in [6, 6.07) is 5.34. The number of amides is 1. The van der Waals surface area contributed by atoms with E-state index in [0.717, 1.165) is 28.9 Å². The molecule has 2 aromatic rings. The molecule has 0 radical (unpaired) electrons. The first-order chi connectivity index (χ1) is 22.1. The number of nitrogen functional groups attached to an aromatic ring is 1. The summed E-state index contributed by atoms with van der Waals surface area (Å²) in [5.74, 6) is -3.32. The molecule has 20 heteroatoms. The van der Waals surface area contributed by atoms with E-state index in [2.05, 4.69) is 19.4 Å². The van der Waals surface area contributed by atoms with Crippen molar-refractivity contribution in [3.05, 3.63) is 40.4 Å². The van der Waals surface area contributed by atoms with Gasteiger partial charge in [-0.15, -0.1) is 15.6 Å². The van der Waals surface area contributed by atoms with Crippen molar-refractivity contribution in [1.29, 1.82) is 0 Å². The van der Waals surface area contributed by atoms with E-state index in [9.17, 15) is 27.9 Å². The Morgan fingerprint density at radius 2 is 2.02 bits per heavy atom. The number of benzene rings is 1. The van der Waals surface area contributed by atoms with Gasteiger partial charge in [0.2, 0.25) is 0 Å². The molecule has 2 aliphatic rings. The zero-order valence-corrected chi connectivity index (χ0v) is 27.2. The van der Waals surface area contributed by atoms with Crippen molar-refractivity contribution in [3.8, 4) is 5.75 Å². The van der Waals surface area contributed by atoms with Crippen molar-refractivity contribution in [2.24, 2.45) is 27.5 Å². The number of hydrogen-bond acceptors (Lipinski definition) is 14. The minimum atomic E-state index is -4.99. The molecule has 0 aliphatic carbocycles. The number of Topliss-reactive ketones (excluding diaryl/α,β-unsaturated/α-hetero) is 1. The van der Waals surface area contributed by atoms with Crippen LogP contribution >= 0.6 is 11.3 Å². The van der Waals surface area contributed by atoms with Gasteiger partial charge in [-0.3, -0.25) is 19.1 Å². The number of carboxylic acids is 1. The van der Waals surface area contributed by atoms with Crippen molar-refractivity contribution < 1.29 is 46.3 Å². The number of thiazole rings is 1. The van der Waals surface area contributed by atoms with Crippen LogP contribution in [0.2, 0.25) is 0 Å². The highest BCUT2D eigenvalue weighted by atomic mass is 32.3. The van der Waals surface area contributed by atoms with Gasteiger partial charge in [-0.05, 0) is 56.5 Å². The molecule has 1 aromatic heterocycles. The number of guanidine groups is 1. The molecule has 2 atom stereocenters. The molecule has 3 heterocycles. The maximum absolute atomic E-state index is 13.3. The standard InChI is InChI=1S/C27H36N8O10S2/c1-27(2)18(23(37)35(27)45-47(40,41)42)11-20(36)22(19-14-46-26(30)32-19)33-44-21(24(38)39)13-43-17-5-4-16-12-34(9-6-15(16)10-17)25(29)31-8-3-7-28/h4-5,10,14,18,21H,3,6-9,11-13,28H2,1-2H3,(H2,29,31)(H2,30,32)(H,38,39)(H,40,41,42)/b33-22-. The van der Waals surface area contributed by atoms with Gasteiger partial charge in [-0.1, -0.05) is 11.2 Å². The van der Waals surface area contributed by atoms with Crippen LogP contribution in [0.4, 0.5) is 5.13 Å². The summed E-state index contributed by atoms with van der Waals surface area (Å²) in [4.78, 5) is 53.5. The SMILES string of the molecule is CC1(C)C(CC(=O)/C(=N\OC(COc2ccc3c(c2)CCN(C(N)=NCCCN)C3)C(=O)O)c2csc(N)n2)C(=O)N1OS(=O)(=O)O. The van der Waals surface area contributed by atoms with E-state index in [-0.39, 0.29) is 10.8 Å². The van der Waals surface area contributed by atoms with E-state index in [1.54, 1.807) is 12.1 Å².